The van der Waals surface area contributed by atoms with Crippen LogP contribution in [0, 0.1) is 0 Å². The Morgan fingerprint density at radius 2 is 2.17 bits per heavy atom. The first-order valence-corrected chi connectivity index (χ1v) is 6.21. The number of aryl methyl sites for hydroxylation is 1. The quantitative estimate of drug-likeness (QED) is 0.774. The molecule has 98 valence electrons. The van der Waals surface area contributed by atoms with Gasteiger partial charge in [0, 0.05) is 50.0 Å². The number of amides is 1. The maximum absolute atomic E-state index is 12.4. The molecular formula is C13H19N3O2. The summed E-state index contributed by atoms with van der Waals surface area (Å²) in [5.74, 6) is -0.0615. The highest BCUT2D eigenvalue weighted by atomic mass is 16.2. The molecule has 1 N–H and O–H groups in total. The van der Waals surface area contributed by atoms with Crippen molar-refractivity contribution in [3.63, 3.8) is 0 Å². The molecule has 0 aliphatic carbocycles. The van der Waals surface area contributed by atoms with E-state index in [2.05, 4.69) is 12.2 Å². The van der Waals surface area contributed by atoms with Crippen LogP contribution in [0.25, 0.3) is 0 Å². The third-order valence-corrected chi connectivity index (χ3v) is 3.65. The molecule has 1 amide bonds. The predicted octanol–water partition coefficient (Wildman–Crippen LogP) is 0.208. The van der Waals surface area contributed by atoms with Gasteiger partial charge >= 0.3 is 0 Å². The summed E-state index contributed by atoms with van der Waals surface area (Å²) in [7, 11) is 1.67. The van der Waals surface area contributed by atoms with Crippen LogP contribution in [0.2, 0.25) is 0 Å². The van der Waals surface area contributed by atoms with E-state index in [1.807, 2.05) is 11.8 Å². The molecule has 5 heteroatoms. The number of piperazine rings is 1. The van der Waals surface area contributed by atoms with Crippen molar-refractivity contribution in [2.24, 2.45) is 7.05 Å². The summed E-state index contributed by atoms with van der Waals surface area (Å²) in [4.78, 5) is 25.8. The van der Waals surface area contributed by atoms with E-state index in [4.69, 9.17) is 0 Å². The van der Waals surface area contributed by atoms with Crippen LogP contribution in [0.15, 0.2) is 23.1 Å². The van der Waals surface area contributed by atoms with Gasteiger partial charge in [-0.1, -0.05) is 0 Å². The lowest BCUT2D eigenvalue weighted by molar-refractivity contribution is 0.0602. The Morgan fingerprint density at radius 1 is 1.44 bits per heavy atom. The van der Waals surface area contributed by atoms with E-state index in [0.717, 1.165) is 6.54 Å². The maximum Gasteiger partial charge on any atom is 0.254 e. The fourth-order valence-electron chi connectivity index (χ4n) is 2.19. The van der Waals surface area contributed by atoms with Gasteiger partial charge in [-0.05, 0) is 19.9 Å². The number of rotatable bonds is 1. The van der Waals surface area contributed by atoms with Gasteiger partial charge in [0.05, 0.1) is 0 Å². The molecule has 2 atom stereocenters. The van der Waals surface area contributed by atoms with E-state index in [-0.39, 0.29) is 23.6 Å². The summed E-state index contributed by atoms with van der Waals surface area (Å²) in [6.07, 6.45) is 1.63. The molecule has 1 aliphatic heterocycles. The van der Waals surface area contributed by atoms with Crippen molar-refractivity contribution < 1.29 is 4.79 Å². The lowest BCUT2D eigenvalue weighted by Gasteiger charge is -2.38. The summed E-state index contributed by atoms with van der Waals surface area (Å²) in [5.41, 5.74) is 0.315. The summed E-state index contributed by atoms with van der Waals surface area (Å²) in [5, 5.41) is 3.33. The largest absolute Gasteiger partial charge is 0.333 e. The van der Waals surface area contributed by atoms with E-state index in [9.17, 15) is 9.59 Å². The van der Waals surface area contributed by atoms with Crippen LogP contribution in [-0.4, -0.2) is 40.5 Å². The topological polar surface area (TPSA) is 54.3 Å². The molecule has 0 aromatic carbocycles. The van der Waals surface area contributed by atoms with Gasteiger partial charge in [0.25, 0.3) is 11.5 Å². The van der Waals surface area contributed by atoms with Gasteiger partial charge in [0.2, 0.25) is 0 Å². The number of aromatic nitrogens is 1. The maximum atomic E-state index is 12.4. The van der Waals surface area contributed by atoms with Crippen LogP contribution in [0.4, 0.5) is 0 Å². The van der Waals surface area contributed by atoms with Gasteiger partial charge < -0.3 is 14.8 Å². The highest BCUT2D eigenvalue weighted by Crippen LogP contribution is 2.12. The number of nitrogens with one attached hydrogen (secondary N) is 1. The number of carbonyl (C=O) groups excluding carboxylic acids is 1. The van der Waals surface area contributed by atoms with E-state index >= 15 is 0 Å². The summed E-state index contributed by atoms with van der Waals surface area (Å²) in [6.45, 7) is 5.56. The van der Waals surface area contributed by atoms with E-state index in [1.165, 1.54) is 10.6 Å². The molecule has 1 aliphatic rings. The van der Waals surface area contributed by atoms with Gasteiger partial charge in [-0.3, -0.25) is 9.59 Å². The van der Waals surface area contributed by atoms with Crippen LogP contribution in [-0.2, 0) is 7.05 Å². The van der Waals surface area contributed by atoms with Crippen molar-refractivity contribution in [1.82, 2.24) is 14.8 Å². The van der Waals surface area contributed by atoms with Crippen LogP contribution in [0.5, 0.6) is 0 Å². The summed E-state index contributed by atoms with van der Waals surface area (Å²) >= 11 is 0. The molecule has 2 heterocycles. The molecule has 1 saturated heterocycles. The van der Waals surface area contributed by atoms with E-state index in [0.29, 0.717) is 12.1 Å². The van der Waals surface area contributed by atoms with Crippen LogP contribution >= 0.6 is 0 Å². The molecule has 1 aromatic heterocycles. The first-order chi connectivity index (χ1) is 8.50. The average Bonchev–Trinajstić information content (AvgIpc) is 2.35. The Kier molecular flexibility index (Phi) is 3.52. The third kappa shape index (κ3) is 2.31. The first kappa shape index (κ1) is 12.8. The SMILES string of the molecule is CC1NCCN(C(=O)c2ccn(C)c(=O)c2)C1C. The minimum Gasteiger partial charge on any atom is -0.333 e. The number of hydrogen-bond donors (Lipinski definition) is 1. The molecule has 2 unspecified atom stereocenters. The third-order valence-electron chi connectivity index (χ3n) is 3.65. The molecular weight excluding hydrogens is 230 g/mol. The molecule has 0 saturated carbocycles. The van der Waals surface area contributed by atoms with Gasteiger partial charge in [-0.2, -0.15) is 0 Å². The fraction of sp³-hybridized carbons (Fsp3) is 0.538. The van der Waals surface area contributed by atoms with Gasteiger partial charge in [0.15, 0.2) is 0 Å². The van der Waals surface area contributed by atoms with E-state index < -0.39 is 0 Å². The van der Waals surface area contributed by atoms with Crippen molar-refractivity contribution in [3.8, 4) is 0 Å². The molecule has 0 bridgehead atoms. The zero-order valence-corrected chi connectivity index (χ0v) is 11.0. The molecule has 1 fully saturated rings. The number of carbonyl (C=O) groups is 1. The highest BCUT2D eigenvalue weighted by molar-refractivity contribution is 5.94. The Balaban J connectivity index is 2.25. The van der Waals surface area contributed by atoms with Crippen LogP contribution in [0.3, 0.4) is 0 Å². The molecule has 18 heavy (non-hydrogen) atoms. The summed E-state index contributed by atoms with van der Waals surface area (Å²) < 4.78 is 1.46. The van der Waals surface area contributed by atoms with Crippen molar-refractivity contribution >= 4 is 5.91 Å². The monoisotopic (exact) mass is 249 g/mol. The van der Waals surface area contributed by atoms with Crippen molar-refractivity contribution in [1.29, 1.82) is 0 Å². The number of hydrogen-bond acceptors (Lipinski definition) is 3. The van der Waals surface area contributed by atoms with Crippen LogP contribution in [0.1, 0.15) is 24.2 Å². The van der Waals surface area contributed by atoms with Crippen molar-refractivity contribution in [2.75, 3.05) is 13.1 Å². The fourth-order valence-corrected chi connectivity index (χ4v) is 2.19. The van der Waals surface area contributed by atoms with E-state index in [1.54, 1.807) is 19.3 Å². The van der Waals surface area contributed by atoms with Crippen molar-refractivity contribution in [3.05, 3.63) is 34.2 Å². The molecule has 1 aromatic rings. The van der Waals surface area contributed by atoms with Gasteiger partial charge in [-0.25, -0.2) is 0 Å². The second-order valence-corrected chi connectivity index (χ2v) is 4.85. The predicted molar refractivity (Wildman–Crippen MR) is 69.6 cm³/mol. The minimum atomic E-state index is -0.156. The smallest absolute Gasteiger partial charge is 0.254 e. The van der Waals surface area contributed by atoms with Crippen LogP contribution < -0.4 is 10.9 Å². The highest BCUT2D eigenvalue weighted by Gasteiger charge is 2.28. The second kappa shape index (κ2) is 4.94. The Hall–Kier alpha value is -1.62. The first-order valence-electron chi connectivity index (χ1n) is 6.21. The van der Waals surface area contributed by atoms with Gasteiger partial charge in [-0.15, -0.1) is 0 Å². The Labute approximate surface area is 106 Å². The zero-order chi connectivity index (χ0) is 13.3. The Morgan fingerprint density at radius 3 is 2.83 bits per heavy atom. The minimum absolute atomic E-state index is 0.0615. The second-order valence-electron chi connectivity index (χ2n) is 4.85. The van der Waals surface area contributed by atoms with Crippen molar-refractivity contribution in [2.45, 2.75) is 25.9 Å². The molecule has 5 nitrogen and oxygen atoms in total. The number of nitrogens with zero attached hydrogens (tertiary/aromatic N) is 2. The van der Waals surface area contributed by atoms with Gasteiger partial charge in [0.1, 0.15) is 0 Å². The normalized spacial score (nSPS) is 24.1. The standard InChI is InChI=1S/C13H19N3O2/c1-9-10(2)16(7-5-14-9)13(18)11-4-6-15(3)12(17)8-11/h4,6,8-10,14H,5,7H2,1-3H3. The zero-order valence-electron chi connectivity index (χ0n) is 11.0. The molecule has 2 rings (SSSR count). The summed E-state index contributed by atoms with van der Waals surface area (Å²) in [6, 6.07) is 3.51. The number of pyridine rings is 1. The lowest BCUT2D eigenvalue weighted by Crippen LogP contribution is -2.57. The average molecular weight is 249 g/mol. The Bertz CT molecular complexity index is 509. The molecule has 0 spiro atoms. The molecule has 0 radical (unpaired) electrons. The lowest BCUT2D eigenvalue weighted by atomic mass is 10.1.